The number of benzene rings is 3. The van der Waals surface area contributed by atoms with Gasteiger partial charge in [-0.1, -0.05) is 18.2 Å². The minimum absolute atomic E-state index is 0.00682. The number of rotatable bonds is 7. The van der Waals surface area contributed by atoms with Crippen LogP contribution in [-0.4, -0.2) is 52.1 Å². The summed E-state index contributed by atoms with van der Waals surface area (Å²) in [5, 5.41) is 0.627. The monoisotopic (exact) mass is 513 g/mol. The van der Waals surface area contributed by atoms with E-state index in [9.17, 15) is 14.0 Å². The molecule has 38 heavy (non-hydrogen) atoms. The number of nitrogens with one attached hydrogen (secondary N) is 2. The second-order valence-electron chi connectivity index (χ2n) is 9.41. The first-order valence-corrected chi connectivity index (χ1v) is 12.3. The van der Waals surface area contributed by atoms with Gasteiger partial charge < -0.3 is 25.3 Å². The number of nitrogen functional groups attached to an aromatic ring is 1. The Morgan fingerprint density at radius 1 is 1.03 bits per heavy atom. The van der Waals surface area contributed by atoms with Gasteiger partial charge in [-0.15, -0.1) is 0 Å². The first-order valence-electron chi connectivity index (χ1n) is 12.3. The quantitative estimate of drug-likeness (QED) is 0.285. The maximum atomic E-state index is 13.4. The van der Waals surface area contributed by atoms with Crippen molar-refractivity contribution in [2.45, 2.75) is 19.9 Å². The number of methoxy groups -OCH3 is 1. The summed E-state index contributed by atoms with van der Waals surface area (Å²) in [4.78, 5) is 38.6. The molecule has 0 aliphatic carbocycles. The van der Waals surface area contributed by atoms with Crippen LogP contribution in [-0.2, 0) is 4.74 Å². The van der Waals surface area contributed by atoms with Gasteiger partial charge >= 0.3 is 0 Å². The van der Waals surface area contributed by atoms with E-state index in [1.54, 1.807) is 48.4 Å². The summed E-state index contributed by atoms with van der Waals surface area (Å²) in [6.07, 6.45) is 0. The third kappa shape index (κ3) is 4.64. The average molecular weight is 514 g/mol. The molecule has 0 aliphatic heterocycles. The van der Waals surface area contributed by atoms with Crippen molar-refractivity contribution < 1.29 is 13.9 Å². The molecule has 194 valence electrons. The normalized spacial score (nSPS) is 11.5. The second kappa shape index (κ2) is 10.1. The summed E-state index contributed by atoms with van der Waals surface area (Å²) in [5.74, 6) is -0.443. The number of nitrogens with two attached hydrogens (primary N) is 1. The van der Waals surface area contributed by atoms with E-state index in [4.69, 9.17) is 10.5 Å². The van der Waals surface area contributed by atoms with Gasteiger partial charge in [0.2, 0.25) is 0 Å². The maximum Gasteiger partial charge on any atom is 0.276 e. The topological polar surface area (TPSA) is 117 Å². The Morgan fingerprint density at radius 2 is 1.74 bits per heavy atom. The molecule has 5 aromatic rings. The molecule has 5 rings (SSSR count). The van der Waals surface area contributed by atoms with Crippen LogP contribution in [0.1, 0.15) is 24.2 Å². The molecule has 0 fully saturated rings. The number of amides is 1. The van der Waals surface area contributed by atoms with Crippen LogP contribution in [0, 0.1) is 5.82 Å². The van der Waals surface area contributed by atoms with Crippen molar-refractivity contribution >= 4 is 33.5 Å². The van der Waals surface area contributed by atoms with Crippen molar-refractivity contribution in [2.24, 2.45) is 0 Å². The highest BCUT2D eigenvalue weighted by Crippen LogP contribution is 2.32. The smallest absolute Gasteiger partial charge is 0.276 e. The zero-order valence-electron chi connectivity index (χ0n) is 21.3. The fourth-order valence-corrected chi connectivity index (χ4v) is 4.56. The first kappa shape index (κ1) is 25.2. The van der Waals surface area contributed by atoms with E-state index in [1.165, 1.54) is 12.1 Å². The van der Waals surface area contributed by atoms with Gasteiger partial charge in [-0.2, -0.15) is 0 Å². The van der Waals surface area contributed by atoms with Crippen LogP contribution >= 0.6 is 0 Å². The SMILES string of the molecule is COCCN(C(=O)c1ccc2[nH]c(-c3nc4cc(-c5ccc(F)cc5)ccc4[nH]c3=O)c(N)c2c1)C(C)C. The highest BCUT2D eigenvalue weighted by molar-refractivity contribution is 6.05. The Bertz CT molecular complexity index is 1710. The van der Waals surface area contributed by atoms with Crippen LogP contribution in [0.15, 0.2) is 65.5 Å². The number of hydrogen-bond acceptors (Lipinski definition) is 5. The number of aromatic nitrogens is 3. The number of H-pyrrole nitrogens is 2. The lowest BCUT2D eigenvalue weighted by molar-refractivity contribution is 0.0635. The van der Waals surface area contributed by atoms with Gasteiger partial charge in [0.1, 0.15) is 5.82 Å². The fraction of sp³-hybridized carbons (Fsp3) is 0.207. The Balaban J connectivity index is 1.56. The van der Waals surface area contributed by atoms with Gasteiger partial charge in [0.25, 0.3) is 11.5 Å². The molecule has 0 saturated heterocycles. The molecule has 9 heteroatoms. The minimum Gasteiger partial charge on any atom is -0.396 e. The molecule has 0 atom stereocenters. The van der Waals surface area contributed by atoms with Gasteiger partial charge in [0.05, 0.1) is 29.0 Å². The molecular weight excluding hydrogens is 485 g/mol. The standard InChI is InChI=1S/C29H28FN5O3/c1-16(2)35(12-13-38-3)29(37)19-7-10-22-21(14-19)25(31)26(32-22)27-28(36)34-23-11-6-18(15-24(23)33-27)17-4-8-20(30)9-5-17/h4-11,14-16,32H,12-13,31H2,1-3H3,(H,34,36). The summed E-state index contributed by atoms with van der Waals surface area (Å²) in [5.41, 5.74) is 10.9. The summed E-state index contributed by atoms with van der Waals surface area (Å²) in [6.45, 7) is 4.80. The number of halogens is 1. The predicted octanol–water partition coefficient (Wildman–Crippen LogP) is 4.96. The maximum absolute atomic E-state index is 13.4. The lowest BCUT2D eigenvalue weighted by Crippen LogP contribution is -2.39. The summed E-state index contributed by atoms with van der Waals surface area (Å²) < 4.78 is 18.5. The van der Waals surface area contributed by atoms with Crippen LogP contribution in [0.25, 0.3) is 44.5 Å². The van der Waals surface area contributed by atoms with Gasteiger partial charge in [-0.05, 0) is 67.4 Å². The van der Waals surface area contributed by atoms with E-state index in [0.29, 0.717) is 52.0 Å². The molecule has 0 unspecified atom stereocenters. The van der Waals surface area contributed by atoms with Gasteiger partial charge in [0.15, 0.2) is 5.69 Å². The van der Waals surface area contributed by atoms with Gasteiger partial charge in [-0.25, -0.2) is 9.37 Å². The number of aromatic amines is 2. The Morgan fingerprint density at radius 3 is 2.45 bits per heavy atom. The second-order valence-corrected chi connectivity index (χ2v) is 9.41. The highest BCUT2D eigenvalue weighted by atomic mass is 19.1. The third-order valence-electron chi connectivity index (χ3n) is 6.61. The number of fused-ring (bicyclic) bond motifs is 2. The summed E-state index contributed by atoms with van der Waals surface area (Å²) in [7, 11) is 1.60. The highest BCUT2D eigenvalue weighted by Gasteiger charge is 2.21. The van der Waals surface area contributed by atoms with Crippen molar-refractivity contribution in [3.8, 4) is 22.5 Å². The average Bonchev–Trinajstić information content (AvgIpc) is 3.23. The summed E-state index contributed by atoms with van der Waals surface area (Å²) in [6, 6.07) is 16.8. The molecule has 2 aromatic heterocycles. The molecule has 8 nitrogen and oxygen atoms in total. The van der Waals surface area contributed by atoms with Crippen LogP contribution < -0.4 is 11.3 Å². The number of nitrogens with zero attached hydrogens (tertiary/aromatic N) is 2. The van der Waals surface area contributed by atoms with Crippen molar-refractivity contribution in [1.29, 1.82) is 0 Å². The van der Waals surface area contributed by atoms with Gasteiger partial charge in [0, 0.05) is 36.2 Å². The largest absolute Gasteiger partial charge is 0.396 e. The zero-order chi connectivity index (χ0) is 27.0. The van der Waals surface area contributed by atoms with Crippen LogP contribution in [0.5, 0.6) is 0 Å². The molecule has 0 aliphatic rings. The van der Waals surface area contributed by atoms with E-state index in [2.05, 4.69) is 15.0 Å². The molecular formula is C29H28FN5O3. The number of hydrogen-bond donors (Lipinski definition) is 3. The minimum atomic E-state index is -0.396. The Hall–Kier alpha value is -4.50. The molecule has 2 heterocycles. The van der Waals surface area contributed by atoms with E-state index >= 15 is 0 Å². The Kier molecular flexibility index (Phi) is 6.69. The Labute approximate surface area is 218 Å². The molecule has 3 aromatic carbocycles. The number of anilines is 1. The third-order valence-corrected chi connectivity index (χ3v) is 6.61. The van der Waals surface area contributed by atoms with Crippen molar-refractivity contribution in [2.75, 3.05) is 26.0 Å². The number of ether oxygens (including phenoxy) is 1. The molecule has 4 N–H and O–H groups in total. The summed E-state index contributed by atoms with van der Waals surface area (Å²) >= 11 is 0. The van der Waals surface area contributed by atoms with Crippen molar-refractivity contribution in [3.63, 3.8) is 0 Å². The van der Waals surface area contributed by atoms with Crippen LogP contribution in [0.2, 0.25) is 0 Å². The first-order chi connectivity index (χ1) is 18.3. The lowest BCUT2D eigenvalue weighted by Gasteiger charge is -2.26. The van der Waals surface area contributed by atoms with Crippen molar-refractivity contribution in [3.05, 3.63) is 82.4 Å². The molecule has 1 amide bonds. The van der Waals surface area contributed by atoms with Crippen molar-refractivity contribution in [1.82, 2.24) is 19.9 Å². The molecule has 0 spiro atoms. The van der Waals surface area contributed by atoms with E-state index < -0.39 is 5.56 Å². The van der Waals surface area contributed by atoms with E-state index in [-0.39, 0.29) is 23.5 Å². The number of carbonyl (C=O) groups is 1. The zero-order valence-corrected chi connectivity index (χ0v) is 21.3. The van der Waals surface area contributed by atoms with Crippen LogP contribution in [0.4, 0.5) is 10.1 Å². The van der Waals surface area contributed by atoms with Gasteiger partial charge in [-0.3, -0.25) is 9.59 Å². The number of carbonyl (C=O) groups excluding carboxylic acids is 1. The van der Waals surface area contributed by atoms with E-state index in [0.717, 1.165) is 11.1 Å². The fourth-order valence-electron chi connectivity index (χ4n) is 4.56. The van der Waals surface area contributed by atoms with Crippen LogP contribution in [0.3, 0.4) is 0 Å². The molecule has 0 saturated carbocycles. The van der Waals surface area contributed by atoms with E-state index in [1.807, 2.05) is 26.0 Å². The lowest BCUT2D eigenvalue weighted by atomic mass is 10.0. The molecule has 0 radical (unpaired) electrons. The predicted molar refractivity (Wildman–Crippen MR) is 148 cm³/mol. The molecule has 0 bridgehead atoms.